The van der Waals surface area contributed by atoms with Crippen molar-refractivity contribution in [3.63, 3.8) is 0 Å². The molecule has 1 heterocycles. The lowest BCUT2D eigenvalue weighted by Gasteiger charge is -2.11. The Labute approximate surface area is 122 Å². The molecule has 0 aliphatic heterocycles. The number of phenols is 2. The minimum atomic E-state index is 0.0544. The molecular formula is C17H16N2O2. The number of hydrogen-bond acceptors (Lipinski definition) is 4. The van der Waals surface area contributed by atoms with Crippen LogP contribution in [0.25, 0.3) is 10.9 Å². The second kappa shape index (κ2) is 5.32. The number of nitrogens with zero attached hydrogens (tertiary/aromatic N) is 1. The Morgan fingerprint density at radius 2 is 1.90 bits per heavy atom. The normalized spacial score (nSPS) is 10.7. The average Bonchev–Trinajstić information content (AvgIpc) is 2.46. The molecule has 4 nitrogen and oxygen atoms in total. The van der Waals surface area contributed by atoms with Gasteiger partial charge in [0.05, 0.1) is 11.2 Å². The van der Waals surface area contributed by atoms with Crippen molar-refractivity contribution in [1.29, 1.82) is 0 Å². The number of para-hydroxylation sites is 1. The maximum atomic E-state index is 9.81. The molecule has 0 atom stereocenters. The minimum absolute atomic E-state index is 0.0544. The minimum Gasteiger partial charge on any atom is -0.508 e. The predicted octanol–water partition coefficient (Wildman–Crippen LogP) is 3.57. The Kier molecular flexibility index (Phi) is 3.36. The highest BCUT2D eigenvalue weighted by Gasteiger charge is 2.05. The summed E-state index contributed by atoms with van der Waals surface area (Å²) in [5, 5.41) is 23.5. The second-order valence-electron chi connectivity index (χ2n) is 5.00. The third-order valence-corrected chi connectivity index (χ3v) is 3.40. The zero-order valence-electron chi connectivity index (χ0n) is 11.7. The molecule has 0 aliphatic rings. The number of benzene rings is 2. The van der Waals surface area contributed by atoms with Crippen molar-refractivity contribution in [2.24, 2.45) is 0 Å². The smallest absolute Gasteiger partial charge is 0.124 e. The average molecular weight is 280 g/mol. The molecule has 0 spiro atoms. The first kappa shape index (κ1) is 13.2. The maximum Gasteiger partial charge on any atom is 0.124 e. The third-order valence-electron chi connectivity index (χ3n) is 3.40. The second-order valence-corrected chi connectivity index (χ2v) is 5.00. The van der Waals surface area contributed by atoms with Crippen molar-refractivity contribution in [2.45, 2.75) is 13.5 Å². The van der Waals surface area contributed by atoms with Crippen LogP contribution in [-0.4, -0.2) is 15.2 Å². The molecule has 0 unspecified atom stereocenters. The van der Waals surface area contributed by atoms with Gasteiger partial charge in [-0.3, -0.25) is 4.98 Å². The zero-order chi connectivity index (χ0) is 14.8. The molecule has 3 rings (SSSR count). The molecule has 2 aromatic carbocycles. The number of phenolic OH excluding ortho intramolecular Hbond substituents is 2. The summed E-state index contributed by atoms with van der Waals surface area (Å²) < 4.78 is 0. The largest absolute Gasteiger partial charge is 0.508 e. The highest BCUT2D eigenvalue weighted by molar-refractivity contribution is 5.90. The van der Waals surface area contributed by atoms with E-state index >= 15 is 0 Å². The van der Waals surface area contributed by atoms with Gasteiger partial charge >= 0.3 is 0 Å². The maximum absolute atomic E-state index is 9.81. The topological polar surface area (TPSA) is 65.4 Å². The molecule has 0 fully saturated rings. The first-order valence-electron chi connectivity index (χ1n) is 6.74. The van der Waals surface area contributed by atoms with Gasteiger partial charge in [0.25, 0.3) is 0 Å². The predicted molar refractivity (Wildman–Crippen MR) is 83.6 cm³/mol. The lowest BCUT2D eigenvalue weighted by atomic mass is 10.1. The Morgan fingerprint density at radius 1 is 1.05 bits per heavy atom. The van der Waals surface area contributed by atoms with Crippen LogP contribution in [0.2, 0.25) is 0 Å². The molecule has 21 heavy (non-hydrogen) atoms. The molecular weight excluding hydrogens is 264 g/mol. The van der Waals surface area contributed by atoms with Crippen LogP contribution in [0.1, 0.15) is 11.3 Å². The van der Waals surface area contributed by atoms with Crippen LogP contribution in [0, 0.1) is 6.92 Å². The molecule has 4 heteroatoms. The molecule has 0 amide bonds. The van der Waals surface area contributed by atoms with E-state index in [0.717, 1.165) is 27.8 Å². The standard InChI is InChI=1S/C17H16N2O2/c1-11-5-6-12-3-2-4-15(17(12)19-11)18-10-13-7-8-14(20)9-16(13)21/h2-9,18,20-21H,10H2,1H3. The lowest BCUT2D eigenvalue weighted by molar-refractivity contribution is 0.446. The van der Waals surface area contributed by atoms with Crippen LogP contribution in [-0.2, 0) is 6.54 Å². The van der Waals surface area contributed by atoms with E-state index in [9.17, 15) is 10.2 Å². The molecule has 0 saturated carbocycles. The van der Waals surface area contributed by atoms with Crippen LogP contribution < -0.4 is 5.32 Å². The van der Waals surface area contributed by atoms with E-state index in [1.165, 1.54) is 6.07 Å². The quantitative estimate of drug-likeness (QED) is 0.686. The SMILES string of the molecule is Cc1ccc2cccc(NCc3ccc(O)cc3O)c2n1. The van der Waals surface area contributed by atoms with Gasteiger partial charge in [0.15, 0.2) is 0 Å². The number of hydrogen-bond donors (Lipinski definition) is 3. The van der Waals surface area contributed by atoms with Crippen molar-refractivity contribution >= 4 is 16.6 Å². The Hall–Kier alpha value is -2.75. The molecule has 1 aromatic heterocycles. The van der Waals surface area contributed by atoms with Crippen LogP contribution >= 0.6 is 0 Å². The van der Waals surface area contributed by atoms with E-state index in [-0.39, 0.29) is 11.5 Å². The number of aromatic hydroxyl groups is 2. The molecule has 0 aliphatic carbocycles. The van der Waals surface area contributed by atoms with Gasteiger partial charge < -0.3 is 15.5 Å². The number of nitrogens with one attached hydrogen (secondary N) is 1. The highest BCUT2D eigenvalue weighted by Crippen LogP contribution is 2.26. The lowest BCUT2D eigenvalue weighted by Crippen LogP contribution is -2.01. The van der Waals surface area contributed by atoms with Crippen LogP contribution in [0.4, 0.5) is 5.69 Å². The summed E-state index contributed by atoms with van der Waals surface area (Å²) in [5.74, 6) is 0.130. The fourth-order valence-electron chi connectivity index (χ4n) is 2.28. The summed E-state index contributed by atoms with van der Waals surface area (Å²) in [6.45, 7) is 2.42. The summed E-state index contributed by atoms with van der Waals surface area (Å²) >= 11 is 0. The van der Waals surface area contributed by atoms with Crippen LogP contribution in [0.3, 0.4) is 0 Å². The monoisotopic (exact) mass is 280 g/mol. The van der Waals surface area contributed by atoms with E-state index in [2.05, 4.69) is 10.3 Å². The number of pyridine rings is 1. The molecule has 3 aromatic rings. The summed E-state index contributed by atoms with van der Waals surface area (Å²) in [7, 11) is 0. The zero-order valence-corrected chi connectivity index (χ0v) is 11.7. The van der Waals surface area contributed by atoms with Crippen molar-refractivity contribution in [1.82, 2.24) is 4.98 Å². The van der Waals surface area contributed by atoms with Gasteiger partial charge in [-0.05, 0) is 31.2 Å². The molecule has 0 saturated heterocycles. The summed E-state index contributed by atoms with van der Waals surface area (Å²) in [6, 6.07) is 14.6. The Balaban J connectivity index is 1.90. The highest BCUT2D eigenvalue weighted by atomic mass is 16.3. The molecule has 106 valence electrons. The fourth-order valence-corrected chi connectivity index (χ4v) is 2.28. The van der Waals surface area contributed by atoms with Gasteiger partial charge in [-0.25, -0.2) is 0 Å². The van der Waals surface area contributed by atoms with Gasteiger partial charge in [0, 0.05) is 29.3 Å². The first-order chi connectivity index (χ1) is 10.1. The Morgan fingerprint density at radius 3 is 2.71 bits per heavy atom. The van der Waals surface area contributed by atoms with E-state index < -0.39 is 0 Å². The third kappa shape index (κ3) is 2.74. The van der Waals surface area contributed by atoms with Gasteiger partial charge in [0.1, 0.15) is 11.5 Å². The van der Waals surface area contributed by atoms with Gasteiger partial charge in [0.2, 0.25) is 0 Å². The van der Waals surface area contributed by atoms with E-state index in [1.807, 2.05) is 37.3 Å². The molecule has 0 bridgehead atoms. The number of fused-ring (bicyclic) bond motifs is 1. The van der Waals surface area contributed by atoms with E-state index in [0.29, 0.717) is 6.54 Å². The van der Waals surface area contributed by atoms with Crippen LogP contribution in [0.5, 0.6) is 11.5 Å². The number of rotatable bonds is 3. The Bertz CT molecular complexity index is 800. The summed E-state index contributed by atoms with van der Waals surface area (Å²) in [4.78, 5) is 4.56. The molecule has 0 radical (unpaired) electrons. The van der Waals surface area contributed by atoms with Gasteiger partial charge in [-0.15, -0.1) is 0 Å². The van der Waals surface area contributed by atoms with Crippen molar-refractivity contribution in [3.05, 3.63) is 59.8 Å². The summed E-state index contributed by atoms with van der Waals surface area (Å²) in [5.41, 5.74) is 3.51. The number of aryl methyl sites for hydroxylation is 1. The van der Waals surface area contributed by atoms with Crippen molar-refractivity contribution < 1.29 is 10.2 Å². The number of aromatic nitrogens is 1. The number of anilines is 1. The fraction of sp³-hybridized carbons (Fsp3) is 0.118. The van der Waals surface area contributed by atoms with Crippen molar-refractivity contribution in [2.75, 3.05) is 5.32 Å². The van der Waals surface area contributed by atoms with E-state index in [1.54, 1.807) is 12.1 Å². The first-order valence-corrected chi connectivity index (χ1v) is 6.74. The van der Waals surface area contributed by atoms with Crippen molar-refractivity contribution in [3.8, 4) is 11.5 Å². The summed E-state index contributed by atoms with van der Waals surface area (Å²) in [6.07, 6.45) is 0. The molecule has 3 N–H and O–H groups in total. The van der Waals surface area contributed by atoms with E-state index in [4.69, 9.17) is 0 Å². The van der Waals surface area contributed by atoms with Crippen LogP contribution in [0.15, 0.2) is 48.5 Å². The van der Waals surface area contributed by atoms with Gasteiger partial charge in [-0.1, -0.05) is 18.2 Å². The van der Waals surface area contributed by atoms with Gasteiger partial charge in [-0.2, -0.15) is 0 Å².